The van der Waals surface area contributed by atoms with Crippen LogP contribution in [0.15, 0.2) is 72.9 Å². The van der Waals surface area contributed by atoms with E-state index in [2.05, 4.69) is 47.7 Å². The van der Waals surface area contributed by atoms with E-state index in [1.54, 1.807) is 10.9 Å². The van der Waals surface area contributed by atoms with Crippen molar-refractivity contribution in [3.05, 3.63) is 95.2 Å². The molecule has 1 unspecified atom stereocenters. The van der Waals surface area contributed by atoms with Crippen LogP contribution in [0.1, 0.15) is 41.1 Å². The molecule has 4 aromatic rings. The van der Waals surface area contributed by atoms with Crippen LogP contribution in [0.2, 0.25) is 0 Å². The Labute approximate surface area is 199 Å². The lowest BCUT2D eigenvalue weighted by molar-refractivity contribution is -0.134. The third kappa shape index (κ3) is 4.31. The molecule has 1 aliphatic heterocycles. The first-order valence-electron chi connectivity index (χ1n) is 11.6. The van der Waals surface area contributed by atoms with Crippen LogP contribution in [-0.2, 0) is 23.1 Å². The van der Waals surface area contributed by atoms with Gasteiger partial charge in [-0.1, -0.05) is 54.1 Å². The number of benzene rings is 3. The van der Waals surface area contributed by atoms with Crippen molar-refractivity contribution in [2.75, 3.05) is 11.9 Å². The fourth-order valence-electron chi connectivity index (χ4n) is 4.81. The van der Waals surface area contributed by atoms with E-state index in [-0.39, 0.29) is 30.7 Å². The Kier molecular flexibility index (Phi) is 5.88. The third-order valence-corrected chi connectivity index (χ3v) is 6.56. The zero-order valence-corrected chi connectivity index (χ0v) is 19.5. The normalized spacial score (nSPS) is 15.2. The van der Waals surface area contributed by atoms with Gasteiger partial charge in [-0.2, -0.15) is 5.10 Å². The summed E-state index contributed by atoms with van der Waals surface area (Å²) in [5.41, 5.74) is 6.39. The van der Waals surface area contributed by atoms with Gasteiger partial charge < -0.3 is 10.2 Å². The molecule has 0 spiro atoms. The molecule has 0 saturated carbocycles. The molecule has 2 heterocycles. The Morgan fingerprint density at radius 3 is 2.68 bits per heavy atom. The lowest BCUT2D eigenvalue weighted by Gasteiger charge is -2.38. The summed E-state index contributed by atoms with van der Waals surface area (Å²) in [6, 6.07) is 22.2. The molecule has 0 aliphatic carbocycles. The number of aromatic nitrogens is 2. The van der Waals surface area contributed by atoms with Gasteiger partial charge in [-0.15, -0.1) is 0 Å². The summed E-state index contributed by atoms with van der Waals surface area (Å²) < 4.78 is 1.77. The zero-order chi connectivity index (χ0) is 23.7. The molecule has 0 radical (unpaired) electrons. The second-order valence-electron chi connectivity index (χ2n) is 8.94. The highest BCUT2D eigenvalue weighted by molar-refractivity contribution is 5.95. The van der Waals surface area contributed by atoms with Crippen LogP contribution in [0, 0.1) is 6.92 Å². The van der Waals surface area contributed by atoms with Crippen LogP contribution >= 0.6 is 0 Å². The summed E-state index contributed by atoms with van der Waals surface area (Å²) in [5.74, 6) is -0.169. The van der Waals surface area contributed by atoms with Crippen molar-refractivity contribution in [3.63, 3.8) is 0 Å². The van der Waals surface area contributed by atoms with E-state index in [0.29, 0.717) is 12.2 Å². The van der Waals surface area contributed by atoms with Gasteiger partial charge in [-0.3, -0.25) is 14.3 Å². The quantitative estimate of drug-likeness (QED) is 0.474. The predicted molar refractivity (Wildman–Crippen MR) is 133 cm³/mol. The molecule has 1 N–H and O–H groups in total. The SMILES string of the molecule is Cc1ccc2c(c1)C(c1ccccc1)N(C(=O)CCC(=O)Nc1ccc3cnn(C)c3c1)CC2. The second kappa shape index (κ2) is 9.14. The largest absolute Gasteiger partial charge is 0.331 e. The van der Waals surface area contributed by atoms with Crippen LogP contribution in [-0.4, -0.2) is 33.0 Å². The Bertz CT molecular complexity index is 1360. The number of aryl methyl sites for hydroxylation is 2. The predicted octanol–water partition coefficient (Wildman–Crippen LogP) is 4.77. The number of hydrogen-bond acceptors (Lipinski definition) is 3. The van der Waals surface area contributed by atoms with Gasteiger partial charge in [-0.25, -0.2) is 0 Å². The van der Waals surface area contributed by atoms with Gasteiger partial charge in [0.25, 0.3) is 0 Å². The number of fused-ring (bicyclic) bond motifs is 2. The topological polar surface area (TPSA) is 67.2 Å². The number of carbonyl (C=O) groups is 2. The molecule has 6 nitrogen and oxygen atoms in total. The number of anilines is 1. The summed E-state index contributed by atoms with van der Waals surface area (Å²) in [7, 11) is 1.87. The summed E-state index contributed by atoms with van der Waals surface area (Å²) in [4.78, 5) is 27.9. The average molecular weight is 453 g/mol. The molecular weight excluding hydrogens is 424 g/mol. The van der Waals surface area contributed by atoms with Gasteiger partial charge in [-0.05, 0) is 48.2 Å². The van der Waals surface area contributed by atoms with E-state index < -0.39 is 0 Å². The molecule has 1 aromatic heterocycles. The number of carbonyl (C=O) groups excluding carboxylic acids is 2. The number of nitrogens with one attached hydrogen (secondary N) is 1. The van der Waals surface area contributed by atoms with Crippen molar-refractivity contribution in [3.8, 4) is 0 Å². The first-order chi connectivity index (χ1) is 16.5. The molecule has 0 bridgehead atoms. The number of rotatable bonds is 5. The first kappa shape index (κ1) is 21.9. The maximum Gasteiger partial charge on any atom is 0.224 e. The van der Waals surface area contributed by atoms with Crippen molar-refractivity contribution in [1.82, 2.24) is 14.7 Å². The summed E-state index contributed by atoms with van der Waals surface area (Å²) in [6.07, 6.45) is 2.92. The maximum absolute atomic E-state index is 13.4. The molecule has 34 heavy (non-hydrogen) atoms. The first-order valence-corrected chi connectivity index (χ1v) is 11.6. The summed E-state index contributed by atoms with van der Waals surface area (Å²) in [5, 5.41) is 8.18. The van der Waals surface area contributed by atoms with Crippen molar-refractivity contribution >= 4 is 28.4 Å². The molecule has 5 rings (SSSR count). The molecule has 1 atom stereocenters. The highest BCUT2D eigenvalue weighted by atomic mass is 16.2. The van der Waals surface area contributed by atoms with Crippen molar-refractivity contribution in [2.45, 2.75) is 32.2 Å². The highest BCUT2D eigenvalue weighted by Crippen LogP contribution is 2.36. The van der Waals surface area contributed by atoms with Crippen LogP contribution in [0.4, 0.5) is 5.69 Å². The lowest BCUT2D eigenvalue weighted by atomic mass is 9.87. The van der Waals surface area contributed by atoms with Crippen LogP contribution in [0.25, 0.3) is 10.9 Å². The summed E-state index contributed by atoms with van der Waals surface area (Å²) in [6.45, 7) is 2.73. The van der Waals surface area contributed by atoms with E-state index in [1.165, 1.54) is 16.7 Å². The minimum Gasteiger partial charge on any atom is -0.331 e. The van der Waals surface area contributed by atoms with E-state index in [9.17, 15) is 9.59 Å². The van der Waals surface area contributed by atoms with E-state index in [0.717, 1.165) is 22.9 Å². The van der Waals surface area contributed by atoms with Crippen molar-refractivity contribution < 1.29 is 9.59 Å². The van der Waals surface area contributed by atoms with Crippen molar-refractivity contribution in [1.29, 1.82) is 0 Å². The number of amides is 2. The Balaban J connectivity index is 1.30. The number of hydrogen-bond donors (Lipinski definition) is 1. The molecule has 0 saturated heterocycles. The molecule has 172 valence electrons. The highest BCUT2D eigenvalue weighted by Gasteiger charge is 2.32. The lowest BCUT2D eigenvalue weighted by Crippen LogP contribution is -2.40. The Morgan fingerprint density at radius 1 is 1.03 bits per heavy atom. The Morgan fingerprint density at radius 2 is 1.85 bits per heavy atom. The molecule has 2 amide bonds. The fourth-order valence-corrected chi connectivity index (χ4v) is 4.81. The van der Waals surface area contributed by atoms with Gasteiger partial charge in [0.15, 0.2) is 0 Å². The molecule has 1 aliphatic rings. The fraction of sp³-hybridized carbons (Fsp3) is 0.250. The monoisotopic (exact) mass is 452 g/mol. The third-order valence-electron chi connectivity index (χ3n) is 6.56. The van der Waals surface area contributed by atoms with Gasteiger partial charge >= 0.3 is 0 Å². The van der Waals surface area contributed by atoms with Crippen LogP contribution in [0.5, 0.6) is 0 Å². The van der Waals surface area contributed by atoms with Gasteiger partial charge in [0.1, 0.15) is 0 Å². The minimum absolute atomic E-state index is 0.00162. The van der Waals surface area contributed by atoms with Gasteiger partial charge in [0.2, 0.25) is 11.8 Å². The van der Waals surface area contributed by atoms with E-state index in [4.69, 9.17) is 0 Å². The van der Waals surface area contributed by atoms with Crippen LogP contribution in [0.3, 0.4) is 0 Å². The van der Waals surface area contributed by atoms with Crippen molar-refractivity contribution in [2.24, 2.45) is 7.05 Å². The van der Waals surface area contributed by atoms with Crippen LogP contribution < -0.4 is 5.32 Å². The standard InChI is InChI=1S/C28H28N4O2/c1-19-8-9-20-14-15-32(28(24(20)16-19)21-6-4-3-5-7-21)27(34)13-12-26(33)30-23-11-10-22-18-29-31(2)25(22)17-23/h3-11,16-18,28H,12-15H2,1-2H3,(H,30,33). The maximum atomic E-state index is 13.4. The number of nitrogens with zero attached hydrogens (tertiary/aromatic N) is 3. The Hall–Kier alpha value is -3.93. The van der Waals surface area contributed by atoms with E-state index in [1.807, 2.05) is 48.3 Å². The summed E-state index contributed by atoms with van der Waals surface area (Å²) >= 11 is 0. The molecule has 3 aromatic carbocycles. The molecule has 0 fully saturated rings. The van der Waals surface area contributed by atoms with E-state index >= 15 is 0 Å². The molecule has 6 heteroatoms. The van der Waals surface area contributed by atoms with Gasteiger partial charge in [0, 0.05) is 37.5 Å². The zero-order valence-electron chi connectivity index (χ0n) is 19.5. The van der Waals surface area contributed by atoms with Gasteiger partial charge in [0.05, 0.1) is 17.8 Å². The second-order valence-corrected chi connectivity index (χ2v) is 8.94. The molecular formula is C28H28N4O2. The smallest absolute Gasteiger partial charge is 0.224 e. The average Bonchev–Trinajstić information content (AvgIpc) is 3.22. The minimum atomic E-state index is -0.167.